The van der Waals surface area contributed by atoms with Crippen molar-refractivity contribution >= 4 is 39.5 Å². The van der Waals surface area contributed by atoms with E-state index in [1.807, 2.05) is 0 Å². The Kier molecular flexibility index (Phi) is 80.1. The van der Waals surface area contributed by atoms with Crippen molar-refractivity contribution in [2.75, 3.05) is 39.6 Å². The van der Waals surface area contributed by atoms with Crippen LogP contribution in [0.3, 0.4) is 0 Å². The van der Waals surface area contributed by atoms with Crippen LogP contribution in [0, 0.1) is 0 Å². The smallest absolute Gasteiger partial charge is 0.462 e. The molecule has 642 valence electrons. The number of allylic oxidation sites excluding steroid dienone is 24. The Balaban J connectivity index is 5.43. The molecule has 0 bridgehead atoms. The monoisotopic (exact) mass is 1610 g/mol. The van der Waals surface area contributed by atoms with Gasteiger partial charge in [0, 0.05) is 25.7 Å². The van der Waals surface area contributed by atoms with Crippen LogP contribution in [0.15, 0.2) is 146 Å². The third-order valence-electron chi connectivity index (χ3n) is 18.3. The van der Waals surface area contributed by atoms with E-state index in [0.717, 1.165) is 225 Å². The third kappa shape index (κ3) is 82.9. The molecular weight excluding hydrogens is 1450 g/mol. The Morgan fingerprint density at radius 1 is 0.259 bits per heavy atom. The van der Waals surface area contributed by atoms with Gasteiger partial charge in [0.25, 0.3) is 0 Å². The van der Waals surface area contributed by atoms with Crippen LogP contribution in [0.5, 0.6) is 0 Å². The molecule has 19 heteroatoms. The Hall–Kier alpha value is -5.06. The molecule has 0 radical (unpaired) electrons. The van der Waals surface area contributed by atoms with Crippen molar-refractivity contribution in [2.45, 2.75) is 380 Å². The fourth-order valence-electron chi connectivity index (χ4n) is 11.5. The van der Waals surface area contributed by atoms with Gasteiger partial charge in [0.1, 0.15) is 19.3 Å². The minimum Gasteiger partial charge on any atom is -0.462 e. The number of aliphatic hydroxyl groups excluding tert-OH is 1. The highest BCUT2D eigenvalue weighted by Crippen LogP contribution is 2.45. The van der Waals surface area contributed by atoms with E-state index < -0.39 is 97.5 Å². The van der Waals surface area contributed by atoms with Crippen LogP contribution in [0.1, 0.15) is 362 Å². The van der Waals surface area contributed by atoms with Crippen molar-refractivity contribution in [3.63, 3.8) is 0 Å². The molecule has 0 saturated carbocycles. The Morgan fingerprint density at radius 2 is 0.464 bits per heavy atom. The average Bonchev–Trinajstić information content (AvgIpc) is 0.898. The highest BCUT2D eigenvalue weighted by Gasteiger charge is 2.30. The van der Waals surface area contributed by atoms with E-state index in [4.69, 9.17) is 37.0 Å². The topological polar surface area (TPSA) is 237 Å². The fraction of sp³-hybridized carbons (Fsp3) is 0.699. The summed E-state index contributed by atoms with van der Waals surface area (Å²) in [6, 6.07) is 0. The van der Waals surface area contributed by atoms with Gasteiger partial charge in [-0.15, -0.1) is 0 Å². The fourth-order valence-corrected chi connectivity index (χ4v) is 13.1. The lowest BCUT2D eigenvalue weighted by Gasteiger charge is -2.21. The Bertz CT molecular complexity index is 2690. The lowest BCUT2D eigenvalue weighted by Crippen LogP contribution is -2.30. The van der Waals surface area contributed by atoms with E-state index >= 15 is 0 Å². The molecule has 5 atom stereocenters. The quantitative estimate of drug-likeness (QED) is 0.0169. The molecule has 0 heterocycles. The zero-order valence-electron chi connectivity index (χ0n) is 70.6. The standard InChI is InChI=1S/C93H158O17P2/c1-5-9-13-17-21-25-29-33-37-40-43-46-50-53-57-61-65-69-73-77-90(95)103-83-88(109-92(97)79-75-71-67-63-59-55-49-36-32-28-24-20-16-12-8-4)85-107-111(99,100)105-81-87(94)82-106-112(101,102)108-86-89(110-93(98)80-76-72-68-64-60-56-52-48-45-42-39-35-31-27-23-19-15-11-7-3)84-104-91(96)78-74-70-66-62-58-54-51-47-44-41-38-34-30-26-22-18-14-10-6-2/h9,13,21-28,33-39,43-49,87-89,94H,5-8,10-12,14-20,29-32,40-42,50-86H2,1-4H3,(H,99,100)(H,101,102)/b13-9-,25-21-,26-22-,27-23-,28-24-,37-33-,38-34-,39-35-,46-43-,47-44-,48-45-,49-36-. The molecular formula is C93H158O17P2. The van der Waals surface area contributed by atoms with Gasteiger partial charge < -0.3 is 33.8 Å². The first-order chi connectivity index (χ1) is 54.7. The predicted molar refractivity (Wildman–Crippen MR) is 464 cm³/mol. The number of ether oxygens (including phenoxy) is 4. The van der Waals surface area contributed by atoms with E-state index in [0.29, 0.717) is 25.7 Å². The highest BCUT2D eigenvalue weighted by atomic mass is 31.2. The van der Waals surface area contributed by atoms with E-state index in [2.05, 4.69) is 174 Å². The summed E-state index contributed by atoms with van der Waals surface area (Å²) in [5, 5.41) is 10.7. The van der Waals surface area contributed by atoms with Gasteiger partial charge >= 0.3 is 39.5 Å². The third-order valence-corrected chi connectivity index (χ3v) is 20.2. The summed E-state index contributed by atoms with van der Waals surface area (Å²) >= 11 is 0. The summed E-state index contributed by atoms with van der Waals surface area (Å²) in [7, 11) is -9.99. The van der Waals surface area contributed by atoms with Gasteiger partial charge in [-0.25, -0.2) is 9.13 Å². The first kappa shape index (κ1) is 107. The molecule has 0 aliphatic carbocycles. The first-order valence-corrected chi connectivity index (χ1v) is 47.1. The number of aliphatic hydroxyl groups is 1. The molecule has 3 N–H and O–H groups in total. The number of carbonyl (C=O) groups is 4. The number of hydrogen-bond donors (Lipinski definition) is 3. The Morgan fingerprint density at radius 3 is 0.714 bits per heavy atom. The van der Waals surface area contributed by atoms with Gasteiger partial charge in [0.2, 0.25) is 0 Å². The molecule has 0 spiro atoms. The number of phosphoric ester groups is 2. The maximum Gasteiger partial charge on any atom is 0.472 e. The number of rotatable bonds is 82. The van der Waals surface area contributed by atoms with E-state index in [-0.39, 0.29) is 25.7 Å². The van der Waals surface area contributed by atoms with Crippen molar-refractivity contribution in [3.05, 3.63) is 146 Å². The molecule has 0 aromatic heterocycles. The molecule has 0 aromatic rings. The van der Waals surface area contributed by atoms with Crippen LogP contribution in [-0.2, 0) is 65.4 Å². The minimum absolute atomic E-state index is 0.0719. The van der Waals surface area contributed by atoms with E-state index in [1.165, 1.54) is 57.8 Å². The summed E-state index contributed by atoms with van der Waals surface area (Å²) in [6.07, 6.45) is 97.9. The van der Waals surface area contributed by atoms with Gasteiger partial charge in [-0.05, 0) is 173 Å². The normalized spacial score (nSPS) is 14.5. The maximum atomic E-state index is 13.2. The molecule has 17 nitrogen and oxygen atoms in total. The SMILES string of the molecule is CC/C=C\C/C=C\C/C=C\C/C=C\CCCCCCCCC(=O)OCC(COP(=O)(O)OCC(O)COP(=O)(O)OCC(COC(=O)CCCCCCCC/C=C\C/C=C\C/C=C\CCCCC)OC(=O)CCCCCCCC/C=C\C/C=C\C/C=C\CCCCC)OC(=O)CCCCCCC/C=C\C/C=C\CCCCC. The lowest BCUT2D eigenvalue weighted by atomic mass is 10.1. The molecule has 0 aromatic carbocycles. The molecule has 0 amide bonds. The number of hydrogen-bond acceptors (Lipinski definition) is 15. The molecule has 0 aliphatic rings. The first-order valence-electron chi connectivity index (χ1n) is 44.1. The van der Waals surface area contributed by atoms with Gasteiger partial charge in [0.15, 0.2) is 12.2 Å². The van der Waals surface area contributed by atoms with Gasteiger partial charge in [-0.1, -0.05) is 308 Å². The van der Waals surface area contributed by atoms with Crippen molar-refractivity contribution in [1.29, 1.82) is 0 Å². The zero-order valence-corrected chi connectivity index (χ0v) is 72.3. The lowest BCUT2D eigenvalue weighted by molar-refractivity contribution is -0.161. The highest BCUT2D eigenvalue weighted by molar-refractivity contribution is 7.47. The number of carbonyl (C=O) groups excluding carboxylic acids is 4. The molecule has 112 heavy (non-hydrogen) atoms. The second kappa shape index (κ2) is 83.9. The summed E-state index contributed by atoms with van der Waals surface area (Å²) < 4.78 is 68.9. The predicted octanol–water partition coefficient (Wildman–Crippen LogP) is 26.6. The van der Waals surface area contributed by atoms with Crippen molar-refractivity contribution in [2.24, 2.45) is 0 Å². The van der Waals surface area contributed by atoms with Crippen molar-refractivity contribution in [1.82, 2.24) is 0 Å². The van der Waals surface area contributed by atoms with Crippen LogP contribution < -0.4 is 0 Å². The van der Waals surface area contributed by atoms with Crippen LogP contribution in [-0.4, -0.2) is 96.7 Å². The summed E-state index contributed by atoms with van der Waals surface area (Å²) in [5.74, 6) is -2.23. The molecule has 0 saturated heterocycles. The van der Waals surface area contributed by atoms with Crippen LogP contribution in [0.4, 0.5) is 0 Å². The Labute approximate surface area is 681 Å². The van der Waals surface area contributed by atoms with Crippen LogP contribution in [0.25, 0.3) is 0 Å². The van der Waals surface area contributed by atoms with E-state index in [1.54, 1.807) is 0 Å². The molecule has 0 aliphatic heterocycles. The maximum absolute atomic E-state index is 13.2. The van der Waals surface area contributed by atoms with E-state index in [9.17, 15) is 43.2 Å². The molecule has 0 fully saturated rings. The largest absolute Gasteiger partial charge is 0.472 e. The summed E-state index contributed by atoms with van der Waals surface area (Å²) in [5.41, 5.74) is 0. The van der Waals surface area contributed by atoms with Crippen LogP contribution >= 0.6 is 15.6 Å². The molecule has 5 unspecified atom stereocenters. The second-order valence-electron chi connectivity index (χ2n) is 29.1. The second-order valence-corrected chi connectivity index (χ2v) is 32.0. The zero-order chi connectivity index (χ0) is 81.7. The average molecular weight is 1610 g/mol. The minimum atomic E-state index is -5.00. The van der Waals surface area contributed by atoms with Gasteiger partial charge in [-0.2, -0.15) is 0 Å². The van der Waals surface area contributed by atoms with Crippen LogP contribution in [0.2, 0.25) is 0 Å². The number of esters is 4. The number of unbranched alkanes of at least 4 members (excludes halogenated alkanes) is 32. The van der Waals surface area contributed by atoms with Crippen molar-refractivity contribution < 1.29 is 80.2 Å². The number of phosphoric acid groups is 2. The van der Waals surface area contributed by atoms with Gasteiger partial charge in [-0.3, -0.25) is 37.3 Å². The summed E-state index contributed by atoms with van der Waals surface area (Å²) in [4.78, 5) is 73.4. The van der Waals surface area contributed by atoms with Crippen molar-refractivity contribution in [3.8, 4) is 0 Å². The summed E-state index contributed by atoms with van der Waals surface area (Å²) in [6.45, 7) is 4.67. The molecule has 0 rings (SSSR count). The van der Waals surface area contributed by atoms with Gasteiger partial charge in [0.05, 0.1) is 26.4 Å².